The van der Waals surface area contributed by atoms with Crippen LogP contribution in [0.4, 0.5) is 0 Å². The van der Waals surface area contributed by atoms with Gasteiger partial charge in [0.05, 0.1) is 11.5 Å². The summed E-state index contributed by atoms with van der Waals surface area (Å²) in [6.45, 7) is 2.30. The minimum atomic E-state index is -0.806. The van der Waals surface area contributed by atoms with E-state index in [4.69, 9.17) is 5.11 Å². The van der Waals surface area contributed by atoms with Gasteiger partial charge < -0.3 is 10.0 Å². The van der Waals surface area contributed by atoms with E-state index < -0.39 is 11.9 Å². The van der Waals surface area contributed by atoms with Gasteiger partial charge in [0.2, 0.25) is 0 Å². The van der Waals surface area contributed by atoms with Crippen LogP contribution in [0.2, 0.25) is 0 Å². The quantitative estimate of drug-likeness (QED) is 0.877. The first-order valence-electron chi connectivity index (χ1n) is 5.65. The van der Waals surface area contributed by atoms with Gasteiger partial charge in [-0.2, -0.15) is 11.3 Å². The van der Waals surface area contributed by atoms with Crippen LogP contribution in [-0.4, -0.2) is 34.5 Å². The first-order valence-corrected chi connectivity index (χ1v) is 6.60. The summed E-state index contributed by atoms with van der Waals surface area (Å²) in [6.07, 6.45) is 1.41. The molecular weight excluding hydrogens is 238 g/mol. The monoisotopic (exact) mass is 253 g/mol. The van der Waals surface area contributed by atoms with Crippen molar-refractivity contribution >= 4 is 23.2 Å². The number of carboxylic acid groups (broad SMARTS) is 1. The maximum absolute atomic E-state index is 12.2. The average molecular weight is 253 g/mol. The van der Waals surface area contributed by atoms with E-state index in [2.05, 4.69) is 0 Å². The SMILES string of the molecule is CC1CCC(C(=O)O)CN1C(=O)c1ccsc1. The number of carbonyl (C=O) groups excluding carboxylic acids is 1. The highest BCUT2D eigenvalue weighted by Crippen LogP contribution is 2.24. The van der Waals surface area contributed by atoms with Crippen LogP contribution in [0.5, 0.6) is 0 Å². The molecule has 2 unspecified atom stereocenters. The number of likely N-dealkylation sites (tertiary alicyclic amines) is 1. The number of carbonyl (C=O) groups is 2. The number of nitrogens with zero attached hydrogens (tertiary/aromatic N) is 1. The summed E-state index contributed by atoms with van der Waals surface area (Å²) in [7, 11) is 0. The molecule has 1 amide bonds. The van der Waals surface area contributed by atoms with Crippen molar-refractivity contribution in [1.29, 1.82) is 0 Å². The van der Waals surface area contributed by atoms with E-state index in [-0.39, 0.29) is 11.9 Å². The lowest BCUT2D eigenvalue weighted by Gasteiger charge is -2.36. The topological polar surface area (TPSA) is 57.6 Å². The second-order valence-corrected chi connectivity index (χ2v) is 5.21. The first-order chi connectivity index (χ1) is 8.09. The molecule has 0 aromatic carbocycles. The zero-order valence-electron chi connectivity index (χ0n) is 9.63. The Hall–Kier alpha value is -1.36. The number of hydrogen-bond acceptors (Lipinski definition) is 3. The van der Waals surface area contributed by atoms with Crippen molar-refractivity contribution in [2.45, 2.75) is 25.8 Å². The Bertz CT molecular complexity index is 415. The third kappa shape index (κ3) is 2.49. The molecule has 2 rings (SSSR count). The molecule has 1 N–H and O–H groups in total. The predicted octanol–water partition coefficient (Wildman–Crippen LogP) is 2.07. The summed E-state index contributed by atoms with van der Waals surface area (Å²) in [5.74, 6) is -1.28. The molecule has 2 heterocycles. The van der Waals surface area contributed by atoms with Gasteiger partial charge in [-0.15, -0.1) is 0 Å². The van der Waals surface area contributed by atoms with Crippen molar-refractivity contribution in [3.05, 3.63) is 22.4 Å². The van der Waals surface area contributed by atoms with Gasteiger partial charge in [0, 0.05) is 18.0 Å². The van der Waals surface area contributed by atoms with E-state index in [1.165, 1.54) is 11.3 Å². The van der Waals surface area contributed by atoms with E-state index in [9.17, 15) is 9.59 Å². The van der Waals surface area contributed by atoms with Gasteiger partial charge in [-0.25, -0.2) is 0 Å². The number of rotatable bonds is 2. The van der Waals surface area contributed by atoms with Crippen LogP contribution in [0.25, 0.3) is 0 Å². The highest BCUT2D eigenvalue weighted by Gasteiger charge is 2.32. The van der Waals surface area contributed by atoms with Gasteiger partial charge in [-0.05, 0) is 31.2 Å². The van der Waals surface area contributed by atoms with E-state index in [0.717, 1.165) is 6.42 Å². The molecule has 1 aliphatic heterocycles. The highest BCUT2D eigenvalue weighted by molar-refractivity contribution is 7.08. The summed E-state index contributed by atoms with van der Waals surface area (Å²) in [5, 5.41) is 12.7. The zero-order chi connectivity index (χ0) is 12.4. The normalized spacial score (nSPS) is 24.6. The van der Waals surface area contributed by atoms with Crippen molar-refractivity contribution in [1.82, 2.24) is 4.90 Å². The molecule has 92 valence electrons. The lowest BCUT2D eigenvalue weighted by Crippen LogP contribution is -2.47. The molecule has 1 fully saturated rings. The third-order valence-corrected chi connectivity index (χ3v) is 3.94. The zero-order valence-corrected chi connectivity index (χ0v) is 10.4. The second kappa shape index (κ2) is 4.87. The number of carboxylic acids is 1. The predicted molar refractivity (Wildman–Crippen MR) is 65.2 cm³/mol. The molecule has 0 saturated carbocycles. The van der Waals surface area contributed by atoms with Crippen molar-refractivity contribution in [3.8, 4) is 0 Å². The molecule has 4 nitrogen and oxygen atoms in total. The van der Waals surface area contributed by atoms with Gasteiger partial charge in [0.25, 0.3) is 5.91 Å². The maximum Gasteiger partial charge on any atom is 0.308 e. The van der Waals surface area contributed by atoms with Gasteiger partial charge in [-0.3, -0.25) is 9.59 Å². The van der Waals surface area contributed by atoms with Crippen LogP contribution in [-0.2, 0) is 4.79 Å². The Morgan fingerprint density at radius 2 is 2.24 bits per heavy atom. The Morgan fingerprint density at radius 1 is 1.47 bits per heavy atom. The molecule has 1 aromatic heterocycles. The molecule has 0 spiro atoms. The average Bonchev–Trinajstić information content (AvgIpc) is 2.81. The standard InChI is InChI=1S/C12H15NO3S/c1-8-2-3-9(12(15)16)6-13(8)11(14)10-4-5-17-7-10/h4-5,7-9H,2-3,6H2,1H3,(H,15,16). The summed E-state index contributed by atoms with van der Waals surface area (Å²) in [6, 6.07) is 1.90. The first kappa shape index (κ1) is 12.1. The Morgan fingerprint density at radius 3 is 2.82 bits per heavy atom. The molecular formula is C12H15NO3S. The number of piperidine rings is 1. The van der Waals surface area contributed by atoms with Crippen molar-refractivity contribution in [3.63, 3.8) is 0 Å². The van der Waals surface area contributed by atoms with Gasteiger partial charge in [0.1, 0.15) is 0 Å². The fourth-order valence-corrected chi connectivity index (χ4v) is 2.77. The largest absolute Gasteiger partial charge is 0.481 e. The molecule has 0 radical (unpaired) electrons. The van der Waals surface area contributed by atoms with E-state index in [0.29, 0.717) is 18.5 Å². The molecule has 17 heavy (non-hydrogen) atoms. The Balaban J connectivity index is 2.13. The third-order valence-electron chi connectivity index (χ3n) is 3.26. The van der Waals surface area contributed by atoms with E-state index in [1.807, 2.05) is 12.3 Å². The minimum Gasteiger partial charge on any atom is -0.481 e. The van der Waals surface area contributed by atoms with Crippen LogP contribution < -0.4 is 0 Å². The number of hydrogen-bond donors (Lipinski definition) is 1. The molecule has 0 aliphatic carbocycles. The van der Waals surface area contributed by atoms with E-state index in [1.54, 1.807) is 16.3 Å². The summed E-state index contributed by atoms with van der Waals surface area (Å²) in [4.78, 5) is 24.8. The van der Waals surface area contributed by atoms with Crippen LogP contribution >= 0.6 is 11.3 Å². The minimum absolute atomic E-state index is 0.0512. The van der Waals surface area contributed by atoms with E-state index >= 15 is 0 Å². The fraction of sp³-hybridized carbons (Fsp3) is 0.500. The molecule has 1 aromatic rings. The number of aliphatic carboxylic acids is 1. The van der Waals surface area contributed by atoms with Crippen molar-refractivity contribution < 1.29 is 14.7 Å². The highest BCUT2D eigenvalue weighted by atomic mass is 32.1. The molecule has 2 atom stereocenters. The molecule has 5 heteroatoms. The summed E-state index contributed by atoms with van der Waals surface area (Å²) < 4.78 is 0. The van der Waals surface area contributed by atoms with Gasteiger partial charge >= 0.3 is 5.97 Å². The smallest absolute Gasteiger partial charge is 0.308 e. The van der Waals surface area contributed by atoms with Crippen LogP contribution in [0.15, 0.2) is 16.8 Å². The Labute approximate surface area is 104 Å². The van der Waals surface area contributed by atoms with Crippen LogP contribution in [0, 0.1) is 5.92 Å². The fourth-order valence-electron chi connectivity index (χ4n) is 2.14. The van der Waals surface area contributed by atoms with Gasteiger partial charge in [-0.1, -0.05) is 0 Å². The molecule has 0 bridgehead atoms. The summed E-state index contributed by atoms with van der Waals surface area (Å²) in [5.41, 5.74) is 0.660. The second-order valence-electron chi connectivity index (χ2n) is 4.43. The lowest BCUT2D eigenvalue weighted by atomic mass is 9.93. The van der Waals surface area contributed by atoms with Crippen LogP contribution in [0.1, 0.15) is 30.1 Å². The van der Waals surface area contributed by atoms with Gasteiger partial charge in [0.15, 0.2) is 0 Å². The molecule has 1 saturated heterocycles. The maximum atomic E-state index is 12.2. The molecule has 1 aliphatic rings. The van der Waals surface area contributed by atoms with Crippen LogP contribution in [0.3, 0.4) is 0 Å². The number of amides is 1. The van der Waals surface area contributed by atoms with Crippen molar-refractivity contribution in [2.75, 3.05) is 6.54 Å². The van der Waals surface area contributed by atoms with Crippen molar-refractivity contribution in [2.24, 2.45) is 5.92 Å². The Kier molecular flexibility index (Phi) is 3.47. The lowest BCUT2D eigenvalue weighted by molar-refractivity contribution is -0.143. The number of thiophene rings is 1. The summed E-state index contributed by atoms with van der Waals surface area (Å²) >= 11 is 1.48.